The van der Waals surface area contributed by atoms with E-state index in [1.807, 2.05) is 37.3 Å². The first kappa shape index (κ1) is 16.0. The highest BCUT2D eigenvalue weighted by molar-refractivity contribution is 5.79. The van der Waals surface area contributed by atoms with Crippen molar-refractivity contribution in [1.82, 2.24) is 10.2 Å². The van der Waals surface area contributed by atoms with Crippen molar-refractivity contribution in [3.63, 3.8) is 0 Å². The van der Waals surface area contributed by atoms with Crippen molar-refractivity contribution in [2.24, 2.45) is 0 Å². The molecule has 1 aromatic carbocycles. The van der Waals surface area contributed by atoms with Gasteiger partial charge in [-0.15, -0.1) is 0 Å². The maximum absolute atomic E-state index is 12.0. The Labute approximate surface area is 118 Å². The molecule has 6 nitrogen and oxygen atoms in total. The lowest BCUT2D eigenvalue weighted by molar-refractivity contribution is -0.155. The molecule has 1 unspecified atom stereocenters. The number of carboxylic acids is 1. The summed E-state index contributed by atoms with van der Waals surface area (Å²) in [6, 6.07) is 9.07. The predicted molar refractivity (Wildman–Crippen MR) is 74.2 cm³/mol. The number of rotatable bonds is 6. The van der Waals surface area contributed by atoms with E-state index in [1.165, 1.54) is 4.90 Å². The van der Waals surface area contributed by atoms with Crippen molar-refractivity contribution in [2.45, 2.75) is 26.0 Å². The molecule has 0 bridgehead atoms. The molecular formula is C14H20N2O4. The van der Waals surface area contributed by atoms with Crippen LogP contribution < -0.4 is 5.32 Å². The van der Waals surface area contributed by atoms with Gasteiger partial charge in [-0.1, -0.05) is 30.3 Å². The van der Waals surface area contributed by atoms with Gasteiger partial charge in [0.05, 0.1) is 6.54 Å². The molecule has 20 heavy (non-hydrogen) atoms. The van der Waals surface area contributed by atoms with Gasteiger partial charge in [0, 0.05) is 13.1 Å². The van der Waals surface area contributed by atoms with Gasteiger partial charge in [-0.25, -0.2) is 9.59 Å². The Hall–Kier alpha value is -2.08. The Balaban J connectivity index is 2.58. The zero-order chi connectivity index (χ0) is 15.2. The Bertz CT molecular complexity index is 460. The van der Waals surface area contributed by atoms with Gasteiger partial charge in [0.2, 0.25) is 0 Å². The third-order valence-electron chi connectivity index (χ3n) is 2.93. The number of nitrogens with one attached hydrogen (secondary N) is 1. The summed E-state index contributed by atoms with van der Waals surface area (Å²) in [6.45, 7) is 3.54. The molecule has 0 saturated heterocycles. The van der Waals surface area contributed by atoms with Gasteiger partial charge in [-0.05, 0) is 19.4 Å². The van der Waals surface area contributed by atoms with Crippen LogP contribution in [-0.2, 0) is 11.3 Å². The minimum Gasteiger partial charge on any atom is -0.479 e. The number of urea groups is 1. The normalized spacial score (nSPS) is 13.3. The molecule has 3 N–H and O–H groups in total. The lowest BCUT2D eigenvalue weighted by atomic mass is 10.1. The molecule has 110 valence electrons. The maximum atomic E-state index is 12.0. The molecule has 0 aliphatic carbocycles. The van der Waals surface area contributed by atoms with Crippen molar-refractivity contribution < 1.29 is 19.8 Å². The predicted octanol–water partition coefficient (Wildman–Crippen LogP) is 1.05. The van der Waals surface area contributed by atoms with E-state index in [9.17, 15) is 14.7 Å². The van der Waals surface area contributed by atoms with E-state index in [-0.39, 0.29) is 6.54 Å². The zero-order valence-corrected chi connectivity index (χ0v) is 11.7. The first-order valence-electron chi connectivity index (χ1n) is 6.39. The first-order valence-corrected chi connectivity index (χ1v) is 6.39. The highest BCUT2D eigenvalue weighted by Gasteiger charge is 2.30. The minimum atomic E-state index is -1.97. The van der Waals surface area contributed by atoms with Crippen LogP contribution in [0, 0.1) is 0 Å². The van der Waals surface area contributed by atoms with E-state index >= 15 is 0 Å². The van der Waals surface area contributed by atoms with Gasteiger partial charge in [0.15, 0.2) is 5.60 Å². The molecule has 0 saturated carbocycles. The van der Waals surface area contributed by atoms with E-state index in [4.69, 9.17) is 5.11 Å². The number of carbonyl (C=O) groups excluding carboxylic acids is 1. The van der Waals surface area contributed by atoms with Crippen molar-refractivity contribution in [3.05, 3.63) is 35.9 Å². The molecule has 0 fully saturated rings. The van der Waals surface area contributed by atoms with E-state index in [2.05, 4.69) is 5.32 Å². The topological polar surface area (TPSA) is 89.9 Å². The molecule has 0 heterocycles. The molecule has 1 atom stereocenters. The van der Waals surface area contributed by atoms with Crippen LogP contribution in [0.2, 0.25) is 0 Å². The van der Waals surface area contributed by atoms with E-state index < -0.39 is 17.6 Å². The molecule has 0 spiro atoms. The number of nitrogens with zero attached hydrogens (tertiary/aromatic N) is 1. The van der Waals surface area contributed by atoms with Crippen LogP contribution >= 0.6 is 0 Å². The molecule has 1 rings (SSSR count). The number of benzene rings is 1. The molecule has 6 heteroatoms. The Morgan fingerprint density at radius 2 is 1.90 bits per heavy atom. The second-order valence-electron chi connectivity index (χ2n) is 4.74. The van der Waals surface area contributed by atoms with Gasteiger partial charge < -0.3 is 20.4 Å². The summed E-state index contributed by atoms with van der Waals surface area (Å²) >= 11 is 0. The Morgan fingerprint density at radius 3 is 2.40 bits per heavy atom. The fourth-order valence-corrected chi connectivity index (χ4v) is 1.57. The molecule has 0 aliphatic rings. The Kier molecular flexibility index (Phi) is 5.52. The zero-order valence-electron chi connectivity index (χ0n) is 11.7. The highest BCUT2D eigenvalue weighted by atomic mass is 16.4. The van der Waals surface area contributed by atoms with Crippen LogP contribution in [0.4, 0.5) is 4.79 Å². The lowest BCUT2D eigenvalue weighted by Crippen LogP contribution is -2.50. The number of hydrogen-bond acceptors (Lipinski definition) is 3. The maximum Gasteiger partial charge on any atom is 0.337 e. The van der Waals surface area contributed by atoms with Crippen molar-refractivity contribution in [1.29, 1.82) is 0 Å². The molecule has 0 aliphatic heterocycles. The van der Waals surface area contributed by atoms with Gasteiger partial charge in [-0.2, -0.15) is 0 Å². The molecular weight excluding hydrogens is 260 g/mol. The van der Waals surface area contributed by atoms with Gasteiger partial charge in [0.25, 0.3) is 0 Å². The number of amides is 2. The summed E-state index contributed by atoms with van der Waals surface area (Å²) in [5, 5.41) is 20.8. The van der Waals surface area contributed by atoms with Gasteiger partial charge in [0.1, 0.15) is 0 Å². The average Bonchev–Trinajstić information content (AvgIpc) is 2.43. The largest absolute Gasteiger partial charge is 0.479 e. The van der Waals surface area contributed by atoms with Crippen LogP contribution in [0.3, 0.4) is 0 Å². The molecule has 0 radical (unpaired) electrons. The van der Waals surface area contributed by atoms with Crippen LogP contribution in [0.5, 0.6) is 0 Å². The number of aliphatic hydroxyl groups is 1. The molecule has 1 aromatic rings. The number of hydrogen-bond donors (Lipinski definition) is 3. The quantitative estimate of drug-likeness (QED) is 0.726. The van der Waals surface area contributed by atoms with E-state index in [0.29, 0.717) is 13.1 Å². The highest BCUT2D eigenvalue weighted by Crippen LogP contribution is 2.06. The SMILES string of the molecule is CCN(Cc1ccccc1)C(=O)NCC(C)(O)C(=O)O. The molecule has 2 amide bonds. The number of carbonyl (C=O) groups is 2. The first-order chi connectivity index (χ1) is 9.36. The summed E-state index contributed by atoms with van der Waals surface area (Å²) in [7, 11) is 0. The lowest BCUT2D eigenvalue weighted by Gasteiger charge is -2.24. The van der Waals surface area contributed by atoms with Crippen molar-refractivity contribution >= 4 is 12.0 Å². The van der Waals surface area contributed by atoms with Crippen LogP contribution in [0.1, 0.15) is 19.4 Å². The third-order valence-corrected chi connectivity index (χ3v) is 2.93. The van der Waals surface area contributed by atoms with Gasteiger partial charge in [-0.3, -0.25) is 0 Å². The summed E-state index contributed by atoms with van der Waals surface area (Å²) in [5.74, 6) is -1.37. The standard InChI is InChI=1S/C14H20N2O4/c1-3-16(9-11-7-5-4-6-8-11)13(19)15-10-14(2,20)12(17)18/h4-8,20H,3,9-10H2,1-2H3,(H,15,19)(H,17,18). The molecule has 0 aromatic heterocycles. The monoisotopic (exact) mass is 280 g/mol. The second-order valence-corrected chi connectivity index (χ2v) is 4.74. The van der Waals surface area contributed by atoms with Crippen LogP contribution in [-0.4, -0.2) is 45.8 Å². The number of carboxylic acid groups (broad SMARTS) is 1. The fraction of sp³-hybridized carbons (Fsp3) is 0.429. The van der Waals surface area contributed by atoms with E-state index in [0.717, 1.165) is 12.5 Å². The third kappa shape index (κ3) is 4.55. The van der Waals surface area contributed by atoms with Crippen LogP contribution in [0.25, 0.3) is 0 Å². The minimum absolute atomic E-state index is 0.341. The van der Waals surface area contributed by atoms with Crippen molar-refractivity contribution in [2.75, 3.05) is 13.1 Å². The van der Waals surface area contributed by atoms with Crippen molar-refractivity contribution in [3.8, 4) is 0 Å². The average molecular weight is 280 g/mol. The van der Waals surface area contributed by atoms with Gasteiger partial charge >= 0.3 is 12.0 Å². The summed E-state index contributed by atoms with van der Waals surface area (Å²) in [6.07, 6.45) is 0. The summed E-state index contributed by atoms with van der Waals surface area (Å²) < 4.78 is 0. The second kappa shape index (κ2) is 6.91. The van der Waals surface area contributed by atoms with Crippen LogP contribution in [0.15, 0.2) is 30.3 Å². The Morgan fingerprint density at radius 1 is 1.30 bits per heavy atom. The smallest absolute Gasteiger partial charge is 0.337 e. The fourth-order valence-electron chi connectivity index (χ4n) is 1.57. The van der Waals surface area contributed by atoms with E-state index in [1.54, 1.807) is 0 Å². The summed E-state index contributed by atoms with van der Waals surface area (Å²) in [5.41, 5.74) is -0.989. The number of aliphatic carboxylic acids is 1. The summed E-state index contributed by atoms with van der Waals surface area (Å²) in [4.78, 5) is 24.2.